The van der Waals surface area contributed by atoms with Gasteiger partial charge in [-0.3, -0.25) is 0 Å². The van der Waals surface area contributed by atoms with Crippen molar-refractivity contribution >= 4 is 56.9 Å². The van der Waals surface area contributed by atoms with Crippen molar-refractivity contribution in [2.75, 3.05) is 29.4 Å². The fourth-order valence-corrected chi connectivity index (χ4v) is 9.51. The largest absolute Gasteiger partial charge is 0.367 e. The number of rotatable bonds is 18. The lowest BCUT2D eigenvalue weighted by Crippen LogP contribution is -2.37. The Labute approximate surface area is 365 Å². The van der Waals surface area contributed by atoms with Gasteiger partial charge in [0.25, 0.3) is 0 Å². The van der Waals surface area contributed by atoms with Crippen LogP contribution in [0.15, 0.2) is 121 Å². The third-order valence-electron chi connectivity index (χ3n) is 11.4. The van der Waals surface area contributed by atoms with Gasteiger partial charge in [0.2, 0.25) is 0 Å². The Morgan fingerprint density at radius 2 is 0.283 bits per heavy atom. The highest BCUT2D eigenvalue weighted by Crippen LogP contribution is 2.41. The van der Waals surface area contributed by atoms with E-state index in [1.165, 1.54) is 22.7 Å². The van der Waals surface area contributed by atoms with Crippen LogP contribution in [-0.4, -0.2) is 48.3 Å². The summed E-state index contributed by atoms with van der Waals surface area (Å²) in [4.78, 5) is 14.7. The van der Waals surface area contributed by atoms with E-state index >= 15 is 0 Å². The number of nitrogens with zero attached hydrogens (tertiary/aromatic N) is 6. The zero-order chi connectivity index (χ0) is 44.0. The van der Waals surface area contributed by atoms with Crippen LogP contribution in [0.25, 0.3) is 0 Å². The molecule has 5 aromatic rings. The van der Waals surface area contributed by atoms with Gasteiger partial charge in [0.1, 0.15) is 0 Å². The lowest BCUT2D eigenvalue weighted by atomic mass is 10.1. The summed E-state index contributed by atoms with van der Waals surface area (Å²) in [5.41, 5.74) is 11.7. The first-order chi connectivity index (χ1) is 28.4. The monoisotopic (exact) mass is 809 g/mol. The second-order valence-electron chi connectivity index (χ2n) is 18.6. The van der Waals surface area contributed by atoms with Crippen LogP contribution in [0.2, 0.25) is 0 Å². The topological polar surface area (TPSA) is 19.4 Å². The fourth-order valence-electron chi connectivity index (χ4n) is 9.51. The molecule has 0 heterocycles. The van der Waals surface area contributed by atoms with Crippen LogP contribution in [0, 0.1) is 0 Å². The first-order valence-corrected chi connectivity index (χ1v) is 22.6. The van der Waals surface area contributed by atoms with Gasteiger partial charge in [-0.15, -0.1) is 0 Å². The molecule has 0 amide bonds. The minimum atomic E-state index is 0.404. The van der Waals surface area contributed by atoms with Gasteiger partial charge in [0.15, 0.2) is 0 Å². The number of anilines is 10. The normalized spacial score (nSPS) is 11.9. The molecular weight excluding hydrogens is 733 g/mol. The zero-order valence-corrected chi connectivity index (χ0v) is 39.8. The highest BCUT2D eigenvalue weighted by molar-refractivity contribution is 5.83. The van der Waals surface area contributed by atoms with Crippen LogP contribution in [0.5, 0.6) is 0 Å². The molecule has 0 aliphatic heterocycles. The Morgan fingerprint density at radius 1 is 0.183 bits per heavy atom. The predicted octanol–water partition coefficient (Wildman–Crippen LogP) is 15.1. The van der Waals surface area contributed by atoms with Gasteiger partial charge in [0.05, 0.1) is 0 Å². The van der Waals surface area contributed by atoms with E-state index in [1.54, 1.807) is 0 Å². The molecule has 0 aliphatic rings. The van der Waals surface area contributed by atoms with Gasteiger partial charge >= 0.3 is 0 Å². The van der Waals surface area contributed by atoms with Crippen LogP contribution in [-0.2, 0) is 0 Å². The molecular formula is C54H76N6. The van der Waals surface area contributed by atoms with Crippen molar-refractivity contribution in [3.63, 3.8) is 0 Å². The molecule has 60 heavy (non-hydrogen) atoms. The Morgan fingerprint density at radius 3 is 0.383 bits per heavy atom. The highest BCUT2D eigenvalue weighted by Gasteiger charge is 2.22. The molecule has 5 rings (SSSR count). The van der Waals surface area contributed by atoms with E-state index in [4.69, 9.17) is 0 Å². The molecule has 0 radical (unpaired) electrons. The highest BCUT2D eigenvalue weighted by atomic mass is 15.2. The molecule has 0 unspecified atom stereocenters. The second kappa shape index (κ2) is 20.0. The van der Waals surface area contributed by atoms with Crippen molar-refractivity contribution in [3.05, 3.63) is 121 Å². The van der Waals surface area contributed by atoms with Gasteiger partial charge < -0.3 is 29.4 Å². The molecule has 6 nitrogen and oxygen atoms in total. The van der Waals surface area contributed by atoms with E-state index in [9.17, 15) is 0 Å². The molecule has 0 spiro atoms. The molecule has 0 atom stereocenters. The number of hydrogen-bond acceptors (Lipinski definition) is 6. The molecule has 0 aliphatic carbocycles. The minimum absolute atomic E-state index is 0.404. The maximum atomic E-state index is 2.48. The summed E-state index contributed by atoms with van der Waals surface area (Å²) in [6.07, 6.45) is 0. The third kappa shape index (κ3) is 10.4. The summed E-state index contributed by atoms with van der Waals surface area (Å²) in [6.45, 7) is 36.3. The summed E-state index contributed by atoms with van der Waals surface area (Å²) in [6, 6.07) is 48.7. The van der Waals surface area contributed by atoms with Gasteiger partial charge in [0, 0.05) is 105 Å². The van der Waals surface area contributed by atoms with Gasteiger partial charge in [-0.2, -0.15) is 0 Å². The Hall–Kier alpha value is -5.10. The molecule has 0 fully saturated rings. The summed E-state index contributed by atoms with van der Waals surface area (Å²) in [5, 5.41) is 0. The fraction of sp³-hybridized carbons (Fsp3) is 0.444. The van der Waals surface area contributed by atoms with E-state index in [2.05, 4.69) is 262 Å². The van der Waals surface area contributed by atoms with Crippen molar-refractivity contribution in [1.82, 2.24) is 0 Å². The van der Waals surface area contributed by atoms with Gasteiger partial charge in [-0.25, -0.2) is 0 Å². The quantitative estimate of drug-likeness (QED) is 0.0872. The van der Waals surface area contributed by atoms with Gasteiger partial charge in [-0.05, 0) is 232 Å². The van der Waals surface area contributed by atoms with Crippen LogP contribution in [0.3, 0.4) is 0 Å². The minimum Gasteiger partial charge on any atom is -0.367 e. The van der Waals surface area contributed by atoms with E-state index in [1.807, 2.05) is 0 Å². The number of hydrogen-bond donors (Lipinski definition) is 0. The molecule has 5 aromatic carbocycles. The first kappa shape index (κ1) is 46.0. The molecule has 0 saturated heterocycles. The van der Waals surface area contributed by atoms with Crippen LogP contribution in [0.4, 0.5) is 56.9 Å². The summed E-state index contributed by atoms with van der Waals surface area (Å²) >= 11 is 0. The lowest BCUT2D eigenvalue weighted by molar-refractivity contribution is 0.608. The summed E-state index contributed by atoms with van der Waals surface area (Å²) in [5.74, 6) is 0. The molecule has 0 bridgehead atoms. The Kier molecular flexibility index (Phi) is 15.3. The smallest absolute Gasteiger partial charge is 0.0463 e. The first-order valence-electron chi connectivity index (χ1n) is 22.6. The zero-order valence-electron chi connectivity index (χ0n) is 39.8. The van der Waals surface area contributed by atoms with Crippen molar-refractivity contribution < 1.29 is 0 Å². The average molecular weight is 809 g/mol. The van der Waals surface area contributed by atoms with Crippen molar-refractivity contribution in [1.29, 1.82) is 0 Å². The molecule has 6 heteroatoms. The van der Waals surface area contributed by atoms with Crippen LogP contribution in [0.1, 0.15) is 111 Å². The molecule has 0 N–H and O–H groups in total. The van der Waals surface area contributed by atoms with Gasteiger partial charge in [-0.1, -0.05) is 0 Å². The predicted molar refractivity (Wildman–Crippen MR) is 267 cm³/mol. The molecule has 0 saturated carbocycles. The Bertz CT molecular complexity index is 1720. The average Bonchev–Trinajstić information content (AvgIpc) is 3.17. The van der Waals surface area contributed by atoms with Crippen LogP contribution >= 0.6 is 0 Å². The molecule has 322 valence electrons. The number of benzene rings is 5. The SMILES string of the molecule is CC(C)N(c1ccc(N(c2ccc(N(c3ccc(N(C(C)C)C(C)C)cc3)c3ccc(N(C(C)C)C(C)C)cc3)cc2)c2ccc(N(C(C)C)C(C)C)cc2)cc1)C(C)C. The standard InChI is InChI=1S/C54H76N6/c1-37(2)55(38(3)4)45-17-25-49(26-18-45)59(50-27-19-46(20-28-50)56(39(5)6)40(7)8)53-33-35-54(36-34-53)60(51-29-21-47(22-30-51)57(41(9)10)42(11)12)52-31-23-48(24-32-52)58(43(13)14)44(15)16/h17-44H,1-16H3. The third-order valence-corrected chi connectivity index (χ3v) is 11.4. The van der Waals surface area contributed by atoms with Crippen molar-refractivity contribution in [3.8, 4) is 0 Å². The van der Waals surface area contributed by atoms with E-state index in [0.29, 0.717) is 48.3 Å². The maximum absolute atomic E-state index is 2.48. The molecule has 0 aromatic heterocycles. The van der Waals surface area contributed by atoms with E-state index in [0.717, 1.165) is 34.1 Å². The van der Waals surface area contributed by atoms with Crippen LogP contribution < -0.4 is 29.4 Å². The summed E-state index contributed by atoms with van der Waals surface area (Å²) in [7, 11) is 0. The maximum Gasteiger partial charge on any atom is 0.0463 e. The second-order valence-corrected chi connectivity index (χ2v) is 18.6. The van der Waals surface area contributed by atoms with E-state index in [-0.39, 0.29) is 0 Å². The Balaban J connectivity index is 1.62. The van der Waals surface area contributed by atoms with E-state index < -0.39 is 0 Å². The summed E-state index contributed by atoms with van der Waals surface area (Å²) < 4.78 is 0. The van der Waals surface area contributed by atoms with Crippen molar-refractivity contribution in [2.24, 2.45) is 0 Å². The van der Waals surface area contributed by atoms with Crippen molar-refractivity contribution in [2.45, 2.75) is 159 Å². The lowest BCUT2D eigenvalue weighted by Gasteiger charge is -2.35.